The zero-order chi connectivity index (χ0) is 14.9. The Morgan fingerprint density at radius 3 is 2.55 bits per heavy atom. The van der Waals surface area contributed by atoms with Crippen LogP contribution in [-0.4, -0.2) is 14.9 Å². The summed E-state index contributed by atoms with van der Waals surface area (Å²) >= 11 is 0. The summed E-state index contributed by atoms with van der Waals surface area (Å²) in [5, 5.41) is 10.6. The number of non-ortho nitro benzene ring substituents is 1. The molecule has 6 nitrogen and oxygen atoms in total. The van der Waals surface area contributed by atoms with Crippen LogP contribution in [0.3, 0.4) is 0 Å². The van der Waals surface area contributed by atoms with Crippen LogP contribution in [0.25, 0.3) is 11.3 Å². The third-order valence-corrected chi connectivity index (χ3v) is 2.40. The van der Waals surface area contributed by atoms with Gasteiger partial charge in [-0.2, -0.15) is 18.2 Å². The Morgan fingerprint density at radius 1 is 1.25 bits per heavy atom. The molecule has 0 aliphatic carbocycles. The van der Waals surface area contributed by atoms with E-state index in [0.717, 1.165) is 6.07 Å². The summed E-state index contributed by atoms with van der Waals surface area (Å²) in [5.74, 6) is 0. The number of aromatic amines is 1. The number of hydrogen-bond acceptors (Lipinski definition) is 4. The molecule has 104 valence electrons. The second-order valence-corrected chi connectivity index (χ2v) is 3.79. The molecule has 1 aromatic carbocycles. The Balaban J connectivity index is 2.58. The van der Waals surface area contributed by atoms with Gasteiger partial charge in [0.25, 0.3) is 5.69 Å². The molecule has 0 atom stereocenters. The lowest BCUT2D eigenvalue weighted by Gasteiger charge is -2.07. The third-order valence-electron chi connectivity index (χ3n) is 2.40. The second kappa shape index (κ2) is 4.76. The van der Waals surface area contributed by atoms with E-state index in [2.05, 4.69) is 4.98 Å². The highest BCUT2D eigenvalue weighted by molar-refractivity contribution is 5.62. The number of hydrogen-bond donors (Lipinski definition) is 1. The number of halogens is 3. The van der Waals surface area contributed by atoms with E-state index in [0.29, 0.717) is 6.07 Å². The van der Waals surface area contributed by atoms with Crippen molar-refractivity contribution in [3.8, 4) is 11.3 Å². The molecular formula is C11H6F3N3O3. The Hall–Kier alpha value is -2.71. The number of benzene rings is 1. The van der Waals surface area contributed by atoms with Gasteiger partial charge in [0.2, 0.25) is 0 Å². The van der Waals surface area contributed by atoms with E-state index < -0.39 is 22.5 Å². The van der Waals surface area contributed by atoms with Crippen LogP contribution in [0.2, 0.25) is 0 Å². The van der Waals surface area contributed by atoms with E-state index >= 15 is 0 Å². The zero-order valence-electron chi connectivity index (χ0n) is 9.64. The van der Waals surface area contributed by atoms with Crippen molar-refractivity contribution >= 4 is 5.69 Å². The van der Waals surface area contributed by atoms with Gasteiger partial charge in [-0.25, -0.2) is 4.79 Å². The van der Waals surface area contributed by atoms with Crippen molar-refractivity contribution in [2.75, 3.05) is 0 Å². The molecule has 0 bridgehead atoms. The summed E-state index contributed by atoms with van der Waals surface area (Å²) in [6.07, 6.45) is -4.74. The predicted octanol–water partition coefficient (Wildman–Crippen LogP) is 2.36. The summed E-state index contributed by atoms with van der Waals surface area (Å²) < 4.78 is 37.7. The normalized spacial score (nSPS) is 11.3. The molecule has 1 N–H and O–H groups in total. The number of nitro groups is 1. The molecule has 0 fully saturated rings. The average Bonchev–Trinajstić information content (AvgIpc) is 2.37. The van der Waals surface area contributed by atoms with Gasteiger partial charge in [0, 0.05) is 17.7 Å². The van der Waals surface area contributed by atoms with Gasteiger partial charge < -0.3 is 4.98 Å². The molecule has 2 aromatic rings. The van der Waals surface area contributed by atoms with E-state index in [9.17, 15) is 28.1 Å². The maximum atomic E-state index is 12.6. The fraction of sp³-hybridized carbons (Fsp3) is 0.0909. The van der Waals surface area contributed by atoms with E-state index in [4.69, 9.17) is 0 Å². The Labute approximate surface area is 109 Å². The van der Waals surface area contributed by atoms with E-state index in [1.165, 1.54) is 18.2 Å². The summed E-state index contributed by atoms with van der Waals surface area (Å²) in [6, 6.07) is 5.47. The van der Waals surface area contributed by atoms with Gasteiger partial charge in [-0.3, -0.25) is 10.1 Å². The first-order chi connectivity index (χ1) is 9.27. The molecule has 2 rings (SSSR count). The first-order valence-corrected chi connectivity index (χ1v) is 5.21. The fourth-order valence-corrected chi connectivity index (χ4v) is 1.54. The standard InChI is InChI=1S/C11H6F3N3O3/c12-11(13,14)9-5-8(15-10(18)16-9)6-2-1-3-7(4-6)17(19)20/h1-5H,(H,15,16,18). The fourth-order valence-electron chi connectivity index (χ4n) is 1.54. The molecule has 0 unspecified atom stereocenters. The van der Waals surface area contributed by atoms with E-state index in [-0.39, 0.29) is 16.9 Å². The highest BCUT2D eigenvalue weighted by Crippen LogP contribution is 2.29. The molecule has 0 spiro atoms. The largest absolute Gasteiger partial charge is 0.431 e. The summed E-state index contributed by atoms with van der Waals surface area (Å²) in [6.45, 7) is 0. The Morgan fingerprint density at radius 2 is 1.95 bits per heavy atom. The molecule has 0 saturated heterocycles. The second-order valence-electron chi connectivity index (χ2n) is 3.79. The number of nitro benzene ring substituents is 1. The molecule has 1 aromatic heterocycles. The molecule has 1 heterocycles. The topological polar surface area (TPSA) is 88.9 Å². The molecule has 9 heteroatoms. The molecule has 0 aliphatic rings. The molecular weight excluding hydrogens is 279 g/mol. The quantitative estimate of drug-likeness (QED) is 0.677. The van der Waals surface area contributed by atoms with Crippen molar-refractivity contribution in [1.29, 1.82) is 0 Å². The van der Waals surface area contributed by atoms with Crippen molar-refractivity contribution in [2.45, 2.75) is 6.18 Å². The van der Waals surface area contributed by atoms with Crippen molar-refractivity contribution < 1.29 is 18.1 Å². The zero-order valence-corrected chi connectivity index (χ0v) is 9.64. The van der Waals surface area contributed by atoms with Gasteiger partial charge in [0.1, 0.15) is 5.69 Å². The highest BCUT2D eigenvalue weighted by atomic mass is 19.4. The van der Waals surface area contributed by atoms with Gasteiger partial charge in [-0.05, 0) is 6.07 Å². The molecule has 0 saturated carbocycles. The molecule has 20 heavy (non-hydrogen) atoms. The Bertz CT molecular complexity index is 725. The first-order valence-electron chi connectivity index (χ1n) is 5.21. The molecule has 0 amide bonds. The van der Waals surface area contributed by atoms with Crippen molar-refractivity contribution in [3.63, 3.8) is 0 Å². The van der Waals surface area contributed by atoms with Crippen LogP contribution in [0, 0.1) is 10.1 Å². The maximum absolute atomic E-state index is 12.6. The summed E-state index contributed by atoms with van der Waals surface area (Å²) in [5.41, 5.74) is -2.99. The average molecular weight is 285 g/mol. The first kappa shape index (κ1) is 13.7. The lowest BCUT2D eigenvalue weighted by molar-refractivity contribution is -0.384. The van der Waals surface area contributed by atoms with Gasteiger partial charge in [0.05, 0.1) is 10.6 Å². The van der Waals surface area contributed by atoms with E-state index in [1.54, 1.807) is 4.98 Å². The summed E-state index contributed by atoms with van der Waals surface area (Å²) in [4.78, 5) is 26.0. The van der Waals surface area contributed by atoms with Crippen LogP contribution in [0.4, 0.5) is 18.9 Å². The SMILES string of the molecule is O=c1nc(-c2cccc([N+](=O)[O-])c2)cc(C(F)(F)F)[nH]1. The van der Waals surface area contributed by atoms with E-state index in [1.807, 2.05) is 0 Å². The molecule has 0 aliphatic heterocycles. The number of nitrogens with one attached hydrogen (secondary N) is 1. The third kappa shape index (κ3) is 2.82. The minimum absolute atomic E-state index is 0.0517. The lowest BCUT2D eigenvalue weighted by atomic mass is 10.1. The molecule has 0 radical (unpaired) electrons. The van der Waals surface area contributed by atoms with Gasteiger partial charge in [-0.1, -0.05) is 12.1 Å². The van der Waals surface area contributed by atoms with Crippen LogP contribution in [0.5, 0.6) is 0 Å². The minimum Gasteiger partial charge on any atom is -0.302 e. The predicted molar refractivity (Wildman–Crippen MR) is 62.0 cm³/mol. The number of alkyl halides is 3. The number of H-pyrrole nitrogens is 1. The van der Waals surface area contributed by atoms with Gasteiger partial charge in [-0.15, -0.1) is 0 Å². The van der Waals surface area contributed by atoms with Crippen LogP contribution in [0.15, 0.2) is 35.1 Å². The monoisotopic (exact) mass is 285 g/mol. The number of rotatable bonds is 2. The maximum Gasteiger partial charge on any atom is 0.431 e. The minimum atomic E-state index is -4.74. The van der Waals surface area contributed by atoms with Crippen LogP contribution in [-0.2, 0) is 6.18 Å². The smallest absolute Gasteiger partial charge is 0.302 e. The Kier molecular flexibility index (Phi) is 3.26. The van der Waals surface area contributed by atoms with Gasteiger partial charge >= 0.3 is 11.9 Å². The van der Waals surface area contributed by atoms with Crippen molar-refractivity contribution in [2.24, 2.45) is 0 Å². The van der Waals surface area contributed by atoms with Crippen molar-refractivity contribution in [1.82, 2.24) is 9.97 Å². The lowest BCUT2D eigenvalue weighted by Crippen LogP contribution is -2.19. The van der Waals surface area contributed by atoms with Crippen LogP contribution in [0.1, 0.15) is 5.69 Å². The highest BCUT2D eigenvalue weighted by Gasteiger charge is 2.32. The summed E-state index contributed by atoms with van der Waals surface area (Å²) in [7, 11) is 0. The van der Waals surface area contributed by atoms with Crippen LogP contribution < -0.4 is 5.69 Å². The van der Waals surface area contributed by atoms with Gasteiger partial charge in [0.15, 0.2) is 0 Å². The number of aromatic nitrogens is 2. The van der Waals surface area contributed by atoms with Crippen molar-refractivity contribution in [3.05, 3.63) is 56.6 Å². The van der Waals surface area contributed by atoms with Crippen LogP contribution >= 0.6 is 0 Å². The number of nitrogens with zero attached hydrogens (tertiary/aromatic N) is 2.